The number of benzene rings is 1. The second kappa shape index (κ2) is 6.61. The lowest BCUT2D eigenvalue weighted by atomic mass is 10.2. The van der Waals surface area contributed by atoms with E-state index in [-0.39, 0.29) is 24.5 Å². The van der Waals surface area contributed by atoms with Crippen LogP contribution < -0.4 is 10.1 Å². The highest BCUT2D eigenvalue weighted by Gasteiger charge is 2.25. The normalized spacial score (nSPS) is 17.9. The first-order valence-electron chi connectivity index (χ1n) is 6.48. The standard InChI is InChI=1S/C14H17ClN2O3/c1-10(18)17-7-6-12(8-17)16-14(19)9-20-13-4-2-11(15)3-5-13/h2-5,12H,6-9H2,1H3,(H,16,19). The number of hydrogen-bond acceptors (Lipinski definition) is 3. The van der Waals surface area contributed by atoms with E-state index in [0.29, 0.717) is 23.9 Å². The molecule has 1 aliphatic rings. The number of hydrogen-bond donors (Lipinski definition) is 1. The summed E-state index contributed by atoms with van der Waals surface area (Å²) in [5.74, 6) is 0.454. The van der Waals surface area contributed by atoms with Crippen molar-refractivity contribution in [3.05, 3.63) is 29.3 Å². The molecule has 1 aromatic rings. The summed E-state index contributed by atoms with van der Waals surface area (Å²) in [6, 6.07) is 6.85. The molecule has 0 spiro atoms. The van der Waals surface area contributed by atoms with Crippen LogP contribution in [0.5, 0.6) is 5.75 Å². The number of halogens is 1. The first kappa shape index (κ1) is 14.7. The quantitative estimate of drug-likeness (QED) is 0.915. The van der Waals surface area contributed by atoms with Crippen LogP contribution in [0.15, 0.2) is 24.3 Å². The second-order valence-electron chi connectivity index (χ2n) is 4.76. The van der Waals surface area contributed by atoms with Crippen LogP contribution in [-0.4, -0.2) is 42.5 Å². The summed E-state index contributed by atoms with van der Waals surface area (Å²) >= 11 is 5.76. The van der Waals surface area contributed by atoms with Crippen molar-refractivity contribution in [2.24, 2.45) is 0 Å². The van der Waals surface area contributed by atoms with Gasteiger partial charge in [0, 0.05) is 31.1 Å². The van der Waals surface area contributed by atoms with Gasteiger partial charge in [-0.05, 0) is 30.7 Å². The summed E-state index contributed by atoms with van der Waals surface area (Å²) in [4.78, 5) is 24.7. The highest BCUT2D eigenvalue weighted by molar-refractivity contribution is 6.30. The molecule has 2 amide bonds. The van der Waals surface area contributed by atoms with E-state index in [0.717, 1.165) is 6.42 Å². The van der Waals surface area contributed by atoms with E-state index in [4.69, 9.17) is 16.3 Å². The van der Waals surface area contributed by atoms with E-state index in [1.54, 1.807) is 29.2 Å². The molecule has 1 heterocycles. The Labute approximate surface area is 122 Å². The number of likely N-dealkylation sites (tertiary alicyclic amines) is 1. The summed E-state index contributed by atoms with van der Waals surface area (Å²) in [7, 11) is 0. The van der Waals surface area contributed by atoms with E-state index in [2.05, 4.69) is 5.32 Å². The van der Waals surface area contributed by atoms with Gasteiger partial charge in [-0.15, -0.1) is 0 Å². The third-order valence-corrected chi connectivity index (χ3v) is 3.43. The minimum atomic E-state index is -0.185. The molecule has 1 aromatic carbocycles. The molecule has 0 aliphatic carbocycles. The van der Waals surface area contributed by atoms with Crippen LogP contribution in [-0.2, 0) is 9.59 Å². The lowest BCUT2D eigenvalue weighted by Gasteiger charge is -2.15. The van der Waals surface area contributed by atoms with E-state index < -0.39 is 0 Å². The number of amides is 2. The van der Waals surface area contributed by atoms with Crippen molar-refractivity contribution in [3.63, 3.8) is 0 Å². The fraction of sp³-hybridized carbons (Fsp3) is 0.429. The summed E-state index contributed by atoms with van der Waals surface area (Å²) in [6.45, 7) is 2.76. The zero-order valence-corrected chi connectivity index (χ0v) is 12.0. The smallest absolute Gasteiger partial charge is 0.258 e. The predicted octanol–water partition coefficient (Wildman–Crippen LogP) is 1.46. The average molecular weight is 297 g/mol. The highest BCUT2D eigenvalue weighted by Crippen LogP contribution is 2.15. The maximum Gasteiger partial charge on any atom is 0.258 e. The van der Waals surface area contributed by atoms with Crippen LogP contribution in [0, 0.1) is 0 Å². The molecule has 0 aromatic heterocycles. The van der Waals surface area contributed by atoms with Crippen LogP contribution in [0.1, 0.15) is 13.3 Å². The van der Waals surface area contributed by atoms with Crippen molar-refractivity contribution in [1.82, 2.24) is 10.2 Å². The van der Waals surface area contributed by atoms with Crippen molar-refractivity contribution in [1.29, 1.82) is 0 Å². The Bertz CT molecular complexity index is 490. The number of nitrogens with zero attached hydrogens (tertiary/aromatic N) is 1. The molecule has 1 saturated heterocycles. The molecule has 0 bridgehead atoms. The van der Waals surface area contributed by atoms with Crippen LogP contribution in [0.2, 0.25) is 5.02 Å². The Morgan fingerprint density at radius 1 is 1.40 bits per heavy atom. The second-order valence-corrected chi connectivity index (χ2v) is 5.20. The summed E-state index contributed by atoms with van der Waals surface area (Å²) in [5, 5.41) is 3.48. The van der Waals surface area contributed by atoms with Gasteiger partial charge in [0.2, 0.25) is 5.91 Å². The fourth-order valence-corrected chi connectivity index (χ4v) is 2.24. The molecule has 2 rings (SSSR count). The Kier molecular flexibility index (Phi) is 4.84. The molecule has 0 radical (unpaired) electrons. The molecule has 1 fully saturated rings. The van der Waals surface area contributed by atoms with Gasteiger partial charge in [-0.1, -0.05) is 11.6 Å². The largest absolute Gasteiger partial charge is 0.484 e. The van der Waals surface area contributed by atoms with E-state index in [1.165, 1.54) is 6.92 Å². The van der Waals surface area contributed by atoms with E-state index in [1.807, 2.05) is 0 Å². The monoisotopic (exact) mass is 296 g/mol. The van der Waals surface area contributed by atoms with Gasteiger partial charge in [-0.3, -0.25) is 9.59 Å². The molecule has 0 saturated carbocycles. The molecule has 1 N–H and O–H groups in total. The Hall–Kier alpha value is -1.75. The van der Waals surface area contributed by atoms with Gasteiger partial charge in [0.15, 0.2) is 6.61 Å². The van der Waals surface area contributed by atoms with Gasteiger partial charge in [0.05, 0.1) is 0 Å². The molecular weight excluding hydrogens is 280 g/mol. The minimum absolute atomic E-state index is 0.0141. The van der Waals surface area contributed by atoms with Crippen LogP contribution in [0.25, 0.3) is 0 Å². The lowest BCUT2D eigenvalue weighted by Crippen LogP contribution is -2.40. The van der Waals surface area contributed by atoms with Crippen molar-refractivity contribution in [3.8, 4) is 5.75 Å². The average Bonchev–Trinajstić information content (AvgIpc) is 2.87. The highest BCUT2D eigenvalue weighted by atomic mass is 35.5. The van der Waals surface area contributed by atoms with Crippen molar-refractivity contribution >= 4 is 23.4 Å². The molecule has 6 heteroatoms. The molecule has 1 atom stereocenters. The first-order valence-corrected chi connectivity index (χ1v) is 6.85. The first-order chi connectivity index (χ1) is 9.54. The molecule has 108 valence electrons. The molecular formula is C14H17ClN2O3. The zero-order valence-electron chi connectivity index (χ0n) is 11.3. The Morgan fingerprint density at radius 2 is 2.10 bits per heavy atom. The molecule has 1 unspecified atom stereocenters. The van der Waals surface area contributed by atoms with Crippen molar-refractivity contribution in [2.75, 3.05) is 19.7 Å². The fourth-order valence-electron chi connectivity index (χ4n) is 2.11. The van der Waals surface area contributed by atoms with Gasteiger partial charge in [-0.25, -0.2) is 0 Å². The van der Waals surface area contributed by atoms with Gasteiger partial charge in [-0.2, -0.15) is 0 Å². The summed E-state index contributed by atoms with van der Waals surface area (Å²) in [6.07, 6.45) is 0.784. The maximum absolute atomic E-state index is 11.8. The number of carbonyl (C=O) groups is 2. The predicted molar refractivity (Wildman–Crippen MR) is 75.7 cm³/mol. The third-order valence-electron chi connectivity index (χ3n) is 3.18. The zero-order chi connectivity index (χ0) is 14.5. The number of carbonyl (C=O) groups excluding carboxylic acids is 2. The lowest BCUT2D eigenvalue weighted by molar-refractivity contribution is -0.128. The topological polar surface area (TPSA) is 58.6 Å². The Balaban J connectivity index is 1.73. The summed E-state index contributed by atoms with van der Waals surface area (Å²) in [5.41, 5.74) is 0. The third kappa shape index (κ3) is 4.13. The number of ether oxygens (including phenoxy) is 1. The number of rotatable bonds is 4. The van der Waals surface area contributed by atoms with Crippen molar-refractivity contribution < 1.29 is 14.3 Å². The molecule has 1 aliphatic heterocycles. The van der Waals surface area contributed by atoms with Gasteiger partial charge >= 0.3 is 0 Å². The SMILES string of the molecule is CC(=O)N1CCC(NC(=O)COc2ccc(Cl)cc2)C1. The van der Waals surface area contributed by atoms with Gasteiger partial charge in [0.25, 0.3) is 5.91 Å². The maximum atomic E-state index is 11.8. The van der Waals surface area contributed by atoms with E-state index >= 15 is 0 Å². The van der Waals surface area contributed by atoms with Crippen LogP contribution in [0.4, 0.5) is 0 Å². The van der Waals surface area contributed by atoms with Crippen molar-refractivity contribution in [2.45, 2.75) is 19.4 Å². The number of nitrogens with one attached hydrogen (secondary N) is 1. The van der Waals surface area contributed by atoms with Crippen LogP contribution in [0.3, 0.4) is 0 Å². The summed E-state index contributed by atoms with van der Waals surface area (Å²) < 4.78 is 5.36. The van der Waals surface area contributed by atoms with E-state index in [9.17, 15) is 9.59 Å². The Morgan fingerprint density at radius 3 is 2.70 bits per heavy atom. The van der Waals surface area contributed by atoms with Gasteiger partial charge < -0.3 is 15.0 Å². The molecule has 5 nitrogen and oxygen atoms in total. The van der Waals surface area contributed by atoms with Gasteiger partial charge in [0.1, 0.15) is 5.75 Å². The molecule has 20 heavy (non-hydrogen) atoms. The minimum Gasteiger partial charge on any atom is -0.484 e. The van der Waals surface area contributed by atoms with Crippen LogP contribution >= 0.6 is 11.6 Å².